The predicted molar refractivity (Wildman–Crippen MR) is 50.9 cm³/mol. The summed E-state index contributed by atoms with van der Waals surface area (Å²) in [7, 11) is 1.47. The van der Waals surface area contributed by atoms with Crippen LogP contribution in [0, 0.1) is 11.8 Å². The Morgan fingerprint density at radius 3 is 2.25 bits per heavy atom. The molecule has 0 aliphatic rings. The lowest BCUT2D eigenvalue weighted by Gasteiger charge is -1.98. The molecular formula is C11H7F3O2. The highest BCUT2D eigenvalue weighted by Gasteiger charge is 2.37. The summed E-state index contributed by atoms with van der Waals surface area (Å²) in [5.74, 6) is 2.16. The van der Waals surface area contributed by atoms with Crippen molar-refractivity contribution in [2.24, 2.45) is 0 Å². The molecule has 0 bridgehead atoms. The number of ether oxygens (including phenoxy) is 1. The van der Waals surface area contributed by atoms with Crippen molar-refractivity contribution < 1.29 is 22.7 Å². The Balaban J connectivity index is 2.81. The Labute approximate surface area is 90.0 Å². The molecule has 2 nitrogen and oxygen atoms in total. The van der Waals surface area contributed by atoms with Gasteiger partial charge in [0.2, 0.25) is 0 Å². The molecule has 0 aliphatic carbocycles. The molecule has 0 fully saturated rings. The third-order valence-corrected chi connectivity index (χ3v) is 1.67. The monoisotopic (exact) mass is 228 g/mol. The first-order valence-corrected chi connectivity index (χ1v) is 4.20. The highest BCUT2D eigenvalue weighted by molar-refractivity contribution is 6.00. The Morgan fingerprint density at radius 2 is 1.81 bits per heavy atom. The van der Waals surface area contributed by atoms with Crippen LogP contribution >= 0.6 is 0 Å². The van der Waals surface area contributed by atoms with Crippen molar-refractivity contribution in [2.45, 2.75) is 6.18 Å². The second-order valence-electron chi connectivity index (χ2n) is 2.81. The second-order valence-corrected chi connectivity index (χ2v) is 2.81. The van der Waals surface area contributed by atoms with Crippen LogP contribution in [0.15, 0.2) is 24.3 Å². The van der Waals surface area contributed by atoms with E-state index in [1.807, 2.05) is 0 Å². The maximum atomic E-state index is 11.8. The van der Waals surface area contributed by atoms with Crippen molar-refractivity contribution in [1.82, 2.24) is 0 Å². The minimum absolute atomic E-state index is 0.318. The van der Waals surface area contributed by atoms with Gasteiger partial charge >= 0.3 is 12.0 Å². The van der Waals surface area contributed by atoms with Gasteiger partial charge in [-0.3, -0.25) is 4.79 Å². The largest absolute Gasteiger partial charge is 0.497 e. The topological polar surface area (TPSA) is 26.3 Å². The van der Waals surface area contributed by atoms with E-state index < -0.39 is 12.0 Å². The highest BCUT2D eigenvalue weighted by Crippen LogP contribution is 2.15. The molecule has 0 atom stereocenters. The number of carbonyl (C=O) groups is 1. The van der Waals surface area contributed by atoms with Crippen molar-refractivity contribution in [3.8, 4) is 17.6 Å². The zero-order chi connectivity index (χ0) is 12.2. The van der Waals surface area contributed by atoms with Gasteiger partial charge in [-0.15, -0.1) is 0 Å². The van der Waals surface area contributed by atoms with Crippen LogP contribution in [0.2, 0.25) is 0 Å². The van der Waals surface area contributed by atoms with E-state index in [0.717, 1.165) is 0 Å². The number of benzene rings is 1. The van der Waals surface area contributed by atoms with Crippen LogP contribution in [0.25, 0.3) is 0 Å². The normalized spacial score (nSPS) is 10.2. The fourth-order valence-electron chi connectivity index (χ4n) is 0.874. The SMILES string of the molecule is COc1ccc(C#CC(=O)C(F)(F)F)cc1. The minimum atomic E-state index is -4.90. The minimum Gasteiger partial charge on any atom is -0.497 e. The highest BCUT2D eigenvalue weighted by atomic mass is 19.4. The molecule has 0 aromatic heterocycles. The molecule has 0 heterocycles. The van der Waals surface area contributed by atoms with E-state index >= 15 is 0 Å². The molecule has 0 saturated carbocycles. The van der Waals surface area contributed by atoms with E-state index in [9.17, 15) is 18.0 Å². The average Bonchev–Trinajstić information content (AvgIpc) is 2.25. The van der Waals surface area contributed by atoms with E-state index in [1.54, 1.807) is 12.1 Å². The number of ketones is 1. The molecule has 5 heteroatoms. The van der Waals surface area contributed by atoms with Gasteiger partial charge in [0.05, 0.1) is 7.11 Å². The fourth-order valence-corrected chi connectivity index (χ4v) is 0.874. The number of Topliss-reactive ketones (excluding diaryl/α,β-unsaturated/α-hetero) is 1. The van der Waals surface area contributed by atoms with Crippen LogP contribution in [-0.4, -0.2) is 19.1 Å². The molecule has 0 aliphatic heterocycles. The Kier molecular flexibility index (Phi) is 3.56. The van der Waals surface area contributed by atoms with Crippen molar-refractivity contribution in [3.63, 3.8) is 0 Å². The number of methoxy groups -OCH3 is 1. The van der Waals surface area contributed by atoms with Crippen molar-refractivity contribution in [2.75, 3.05) is 7.11 Å². The van der Waals surface area contributed by atoms with Crippen LogP contribution in [-0.2, 0) is 4.79 Å². The van der Waals surface area contributed by atoms with Gasteiger partial charge in [0.15, 0.2) is 0 Å². The molecule has 0 N–H and O–H groups in total. The summed E-state index contributed by atoms with van der Waals surface area (Å²) in [5, 5.41) is 0. The molecule has 0 radical (unpaired) electrons. The van der Waals surface area contributed by atoms with Crippen LogP contribution in [0.4, 0.5) is 13.2 Å². The first-order valence-electron chi connectivity index (χ1n) is 4.20. The second kappa shape index (κ2) is 4.71. The Bertz CT molecular complexity index is 435. The van der Waals surface area contributed by atoms with Gasteiger partial charge in [-0.1, -0.05) is 5.92 Å². The smallest absolute Gasteiger partial charge is 0.462 e. The summed E-state index contributed by atoms with van der Waals surface area (Å²) in [4.78, 5) is 10.4. The zero-order valence-electron chi connectivity index (χ0n) is 8.26. The summed E-state index contributed by atoms with van der Waals surface area (Å²) in [5.41, 5.74) is 0.318. The first kappa shape index (κ1) is 12.1. The number of halogens is 3. The van der Waals surface area contributed by atoms with E-state index in [-0.39, 0.29) is 0 Å². The van der Waals surface area contributed by atoms with Gasteiger partial charge < -0.3 is 4.74 Å². The molecule has 0 spiro atoms. The number of carbonyl (C=O) groups excluding carboxylic acids is 1. The molecule has 0 unspecified atom stereocenters. The number of alkyl halides is 3. The van der Waals surface area contributed by atoms with Crippen LogP contribution in [0.1, 0.15) is 5.56 Å². The molecule has 16 heavy (non-hydrogen) atoms. The Morgan fingerprint density at radius 1 is 1.25 bits per heavy atom. The van der Waals surface area contributed by atoms with E-state index in [4.69, 9.17) is 4.74 Å². The van der Waals surface area contributed by atoms with E-state index in [2.05, 4.69) is 5.92 Å². The summed E-state index contributed by atoms with van der Waals surface area (Å²) in [6, 6.07) is 6.02. The molecule has 1 aromatic rings. The van der Waals surface area contributed by atoms with Gasteiger partial charge in [0.1, 0.15) is 5.75 Å². The lowest BCUT2D eigenvalue weighted by Crippen LogP contribution is -2.20. The van der Waals surface area contributed by atoms with Crippen molar-refractivity contribution in [3.05, 3.63) is 29.8 Å². The third-order valence-electron chi connectivity index (χ3n) is 1.67. The predicted octanol–water partition coefficient (Wildman–Crippen LogP) is 2.18. The standard InChI is InChI=1S/C11H7F3O2/c1-16-9-5-2-8(3-6-9)4-7-10(15)11(12,13)14/h2-3,5-6H,1H3. The summed E-state index contributed by atoms with van der Waals surface area (Å²) < 4.78 is 40.2. The van der Waals surface area contributed by atoms with Crippen LogP contribution < -0.4 is 4.74 Å². The van der Waals surface area contributed by atoms with E-state index in [0.29, 0.717) is 11.3 Å². The summed E-state index contributed by atoms with van der Waals surface area (Å²) in [6.07, 6.45) is -4.90. The lowest BCUT2D eigenvalue weighted by molar-refractivity contribution is -0.164. The van der Waals surface area contributed by atoms with Gasteiger partial charge in [-0.25, -0.2) is 0 Å². The van der Waals surface area contributed by atoms with Crippen molar-refractivity contribution >= 4 is 5.78 Å². The summed E-state index contributed by atoms with van der Waals surface area (Å²) >= 11 is 0. The van der Waals surface area contributed by atoms with Gasteiger partial charge in [-0.05, 0) is 30.2 Å². The molecule has 1 rings (SSSR count). The fraction of sp³-hybridized carbons (Fsp3) is 0.182. The molecule has 84 valence electrons. The molecule has 0 saturated heterocycles. The van der Waals surface area contributed by atoms with E-state index in [1.165, 1.54) is 25.2 Å². The van der Waals surface area contributed by atoms with Gasteiger partial charge in [0.25, 0.3) is 0 Å². The Hall–Kier alpha value is -1.96. The molecule has 1 aromatic carbocycles. The maximum absolute atomic E-state index is 11.8. The lowest BCUT2D eigenvalue weighted by atomic mass is 10.2. The summed E-state index contributed by atoms with van der Waals surface area (Å²) in [6.45, 7) is 0. The quantitative estimate of drug-likeness (QED) is 0.688. The third kappa shape index (κ3) is 3.31. The molecular weight excluding hydrogens is 221 g/mol. The molecule has 0 amide bonds. The maximum Gasteiger partial charge on any atom is 0.462 e. The van der Waals surface area contributed by atoms with Crippen molar-refractivity contribution in [1.29, 1.82) is 0 Å². The number of hydrogen-bond acceptors (Lipinski definition) is 2. The van der Waals surface area contributed by atoms with Crippen LogP contribution in [0.3, 0.4) is 0 Å². The van der Waals surface area contributed by atoms with Gasteiger partial charge in [0, 0.05) is 5.56 Å². The number of hydrogen-bond donors (Lipinski definition) is 0. The first-order chi connectivity index (χ1) is 7.43. The van der Waals surface area contributed by atoms with Gasteiger partial charge in [-0.2, -0.15) is 13.2 Å². The van der Waals surface area contributed by atoms with Crippen LogP contribution in [0.5, 0.6) is 5.75 Å². The average molecular weight is 228 g/mol. The zero-order valence-corrected chi connectivity index (χ0v) is 8.26. The number of rotatable bonds is 1.